The third-order valence-electron chi connectivity index (χ3n) is 3.04. The van der Waals surface area contributed by atoms with Crippen molar-refractivity contribution in [3.63, 3.8) is 0 Å². The maximum Gasteiger partial charge on any atom is 0.213 e. The van der Waals surface area contributed by atoms with Crippen molar-refractivity contribution >= 4 is 5.69 Å². The molecule has 2 rings (SSSR count). The number of nitrogens with zero attached hydrogens (tertiary/aromatic N) is 3. The van der Waals surface area contributed by atoms with Gasteiger partial charge in [-0.2, -0.15) is 5.10 Å². The first-order chi connectivity index (χ1) is 9.40. The molecular formula is C15H22N4O. The van der Waals surface area contributed by atoms with E-state index in [9.17, 15) is 0 Å². The number of hydrogen-bond donors (Lipinski definition) is 1. The Bertz CT molecular complexity index is 567. The SMILES string of the molecule is COc1ccc(NCc2cn(C)nc2C(C)(C)C)cn1. The van der Waals surface area contributed by atoms with Gasteiger partial charge in [0.15, 0.2) is 0 Å². The lowest BCUT2D eigenvalue weighted by Crippen LogP contribution is -2.16. The van der Waals surface area contributed by atoms with Crippen molar-refractivity contribution in [3.8, 4) is 5.88 Å². The molecule has 108 valence electrons. The Morgan fingerprint density at radius 1 is 1.30 bits per heavy atom. The molecule has 5 nitrogen and oxygen atoms in total. The van der Waals surface area contributed by atoms with E-state index in [1.54, 1.807) is 13.3 Å². The van der Waals surface area contributed by atoms with Crippen molar-refractivity contribution in [2.45, 2.75) is 32.7 Å². The Balaban J connectivity index is 2.10. The monoisotopic (exact) mass is 274 g/mol. The number of nitrogens with one attached hydrogen (secondary N) is 1. The van der Waals surface area contributed by atoms with Gasteiger partial charge >= 0.3 is 0 Å². The molecule has 0 saturated heterocycles. The van der Waals surface area contributed by atoms with Gasteiger partial charge in [0.1, 0.15) is 0 Å². The highest BCUT2D eigenvalue weighted by Gasteiger charge is 2.21. The molecule has 1 N–H and O–H groups in total. The highest BCUT2D eigenvalue weighted by atomic mass is 16.5. The maximum absolute atomic E-state index is 5.05. The number of aryl methyl sites for hydroxylation is 1. The molecule has 0 unspecified atom stereocenters. The van der Waals surface area contributed by atoms with Crippen LogP contribution < -0.4 is 10.1 Å². The van der Waals surface area contributed by atoms with Gasteiger partial charge in [-0.25, -0.2) is 4.98 Å². The Labute approximate surface area is 120 Å². The zero-order valence-electron chi connectivity index (χ0n) is 12.8. The second kappa shape index (κ2) is 5.53. The predicted octanol–water partition coefficient (Wildman–Crippen LogP) is 2.73. The summed E-state index contributed by atoms with van der Waals surface area (Å²) in [4.78, 5) is 4.18. The van der Waals surface area contributed by atoms with E-state index >= 15 is 0 Å². The fourth-order valence-corrected chi connectivity index (χ4v) is 2.10. The van der Waals surface area contributed by atoms with Crippen LogP contribution in [0.1, 0.15) is 32.0 Å². The van der Waals surface area contributed by atoms with Gasteiger partial charge in [-0.15, -0.1) is 0 Å². The minimum Gasteiger partial charge on any atom is -0.481 e. The van der Waals surface area contributed by atoms with Crippen molar-refractivity contribution in [1.29, 1.82) is 0 Å². The van der Waals surface area contributed by atoms with Crippen LogP contribution >= 0.6 is 0 Å². The molecule has 2 aromatic heterocycles. The molecule has 0 aliphatic rings. The van der Waals surface area contributed by atoms with Crippen LogP contribution in [-0.2, 0) is 19.0 Å². The summed E-state index contributed by atoms with van der Waals surface area (Å²) in [6.07, 6.45) is 3.83. The van der Waals surface area contributed by atoms with E-state index in [0.717, 1.165) is 17.9 Å². The first-order valence-corrected chi connectivity index (χ1v) is 6.67. The molecule has 0 aliphatic carbocycles. The van der Waals surface area contributed by atoms with Crippen molar-refractivity contribution < 1.29 is 4.74 Å². The van der Waals surface area contributed by atoms with E-state index in [-0.39, 0.29) is 5.41 Å². The highest BCUT2D eigenvalue weighted by molar-refractivity contribution is 5.43. The van der Waals surface area contributed by atoms with Gasteiger partial charge in [0.2, 0.25) is 5.88 Å². The smallest absolute Gasteiger partial charge is 0.213 e. The first-order valence-electron chi connectivity index (χ1n) is 6.67. The van der Waals surface area contributed by atoms with E-state index in [2.05, 4.69) is 42.4 Å². The van der Waals surface area contributed by atoms with Gasteiger partial charge < -0.3 is 10.1 Å². The van der Waals surface area contributed by atoms with Gasteiger partial charge in [0, 0.05) is 36.8 Å². The van der Waals surface area contributed by atoms with E-state index in [1.165, 1.54) is 5.56 Å². The summed E-state index contributed by atoms with van der Waals surface area (Å²) in [6.45, 7) is 7.25. The molecule has 2 heterocycles. The van der Waals surface area contributed by atoms with Crippen LogP contribution in [-0.4, -0.2) is 21.9 Å². The molecule has 20 heavy (non-hydrogen) atoms. The molecule has 0 bridgehead atoms. The van der Waals surface area contributed by atoms with Gasteiger partial charge in [0.25, 0.3) is 0 Å². The average molecular weight is 274 g/mol. The molecule has 2 aromatic rings. The zero-order valence-corrected chi connectivity index (χ0v) is 12.8. The first kappa shape index (κ1) is 14.4. The third-order valence-corrected chi connectivity index (χ3v) is 3.04. The van der Waals surface area contributed by atoms with E-state index < -0.39 is 0 Å². The van der Waals surface area contributed by atoms with E-state index in [0.29, 0.717) is 5.88 Å². The fraction of sp³-hybridized carbons (Fsp3) is 0.467. The second-order valence-corrected chi connectivity index (χ2v) is 5.87. The number of methoxy groups -OCH3 is 1. The Hall–Kier alpha value is -2.04. The average Bonchev–Trinajstić information content (AvgIpc) is 2.78. The standard InChI is InChI=1S/C15H22N4O/c1-15(2,3)14-11(10-19(4)18-14)8-16-12-6-7-13(20-5)17-9-12/h6-7,9-10,16H,8H2,1-5H3. The summed E-state index contributed by atoms with van der Waals surface area (Å²) in [5.74, 6) is 0.618. The number of hydrogen-bond acceptors (Lipinski definition) is 4. The number of ether oxygens (including phenoxy) is 1. The molecule has 0 saturated carbocycles. The molecule has 0 fully saturated rings. The molecular weight excluding hydrogens is 252 g/mol. The Kier molecular flexibility index (Phi) is 3.97. The van der Waals surface area contributed by atoms with Crippen molar-refractivity contribution in [3.05, 3.63) is 35.8 Å². The summed E-state index contributed by atoms with van der Waals surface area (Å²) >= 11 is 0. The normalized spacial score (nSPS) is 11.4. The molecule has 0 aromatic carbocycles. The molecule has 0 amide bonds. The summed E-state index contributed by atoms with van der Waals surface area (Å²) in [6, 6.07) is 3.80. The molecule has 5 heteroatoms. The Morgan fingerprint density at radius 3 is 2.60 bits per heavy atom. The number of rotatable bonds is 4. The lowest BCUT2D eigenvalue weighted by Gasteiger charge is -2.17. The van der Waals surface area contributed by atoms with Crippen LogP contribution in [0.3, 0.4) is 0 Å². The lowest BCUT2D eigenvalue weighted by atomic mass is 9.89. The van der Waals surface area contributed by atoms with Crippen molar-refractivity contribution in [1.82, 2.24) is 14.8 Å². The Morgan fingerprint density at radius 2 is 2.05 bits per heavy atom. The maximum atomic E-state index is 5.05. The van der Waals surface area contributed by atoms with Crippen LogP contribution in [0.2, 0.25) is 0 Å². The topological polar surface area (TPSA) is 52.0 Å². The van der Waals surface area contributed by atoms with Crippen LogP contribution in [0.4, 0.5) is 5.69 Å². The molecule has 0 aliphatic heterocycles. The van der Waals surface area contributed by atoms with Crippen LogP contribution in [0, 0.1) is 0 Å². The zero-order chi connectivity index (χ0) is 14.8. The largest absolute Gasteiger partial charge is 0.481 e. The lowest BCUT2D eigenvalue weighted by molar-refractivity contribution is 0.398. The number of aromatic nitrogens is 3. The minimum absolute atomic E-state index is 0.0381. The fourth-order valence-electron chi connectivity index (χ4n) is 2.10. The van der Waals surface area contributed by atoms with Gasteiger partial charge in [-0.1, -0.05) is 20.8 Å². The van der Waals surface area contributed by atoms with Gasteiger partial charge in [0.05, 0.1) is 24.7 Å². The van der Waals surface area contributed by atoms with Crippen LogP contribution in [0.15, 0.2) is 24.5 Å². The quantitative estimate of drug-likeness (QED) is 0.931. The predicted molar refractivity (Wildman–Crippen MR) is 80.0 cm³/mol. The van der Waals surface area contributed by atoms with Crippen LogP contribution in [0.25, 0.3) is 0 Å². The molecule has 0 radical (unpaired) electrons. The number of pyridine rings is 1. The second-order valence-electron chi connectivity index (χ2n) is 5.87. The van der Waals surface area contributed by atoms with E-state index in [1.807, 2.05) is 23.9 Å². The summed E-state index contributed by atoms with van der Waals surface area (Å²) in [5, 5.41) is 7.93. The van der Waals surface area contributed by atoms with Gasteiger partial charge in [-0.3, -0.25) is 4.68 Å². The summed E-state index contributed by atoms with van der Waals surface area (Å²) in [7, 11) is 3.56. The highest BCUT2D eigenvalue weighted by Crippen LogP contribution is 2.24. The summed E-state index contributed by atoms with van der Waals surface area (Å²) in [5.41, 5.74) is 3.33. The molecule has 0 atom stereocenters. The summed E-state index contributed by atoms with van der Waals surface area (Å²) < 4.78 is 6.91. The minimum atomic E-state index is 0.0381. The van der Waals surface area contributed by atoms with E-state index in [4.69, 9.17) is 4.74 Å². The van der Waals surface area contributed by atoms with Crippen molar-refractivity contribution in [2.24, 2.45) is 7.05 Å². The molecule has 0 spiro atoms. The van der Waals surface area contributed by atoms with Crippen LogP contribution in [0.5, 0.6) is 5.88 Å². The van der Waals surface area contributed by atoms with Gasteiger partial charge in [-0.05, 0) is 6.07 Å². The third kappa shape index (κ3) is 3.29. The number of anilines is 1. The van der Waals surface area contributed by atoms with Crippen molar-refractivity contribution in [2.75, 3.05) is 12.4 Å².